The first kappa shape index (κ1) is 18.0. The van der Waals surface area contributed by atoms with Gasteiger partial charge in [0.1, 0.15) is 5.75 Å². The van der Waals surface area contributed by atoms with Crippen LogP contribution in [0, 0.1) is 6.92 Å². The molecule has 3 aromatic carbocycles. The third kappa shape index (κ3) is 3.89. The standard InChI is InChI=1S/C21H21NO3S/c1-17-7-6-8-18(15-17)16-22(19-9-4-3-5-10-19)26(23,24)21-13-11-20(25-2)12-14-21/h3-15H,16H2,1-2H3. The van der Waals surface area contributed by atoms with Crippen molar-refractivity contribution >= 4 is 15.7 Å². The number of hydrogen-bond donors (Lipinski definition) is 0. The van der Waals surface area contributed by atoms with Gasteiger partial charge in [0.05, 0.1) is 24.2 Å². The lowest BCUT2D eigenvalue weighted by Gasteiger charge is -2.25. The first-order valence-corrected chi connectivity index (χ1v) is 9.72. The minimum atomic E-state index is -3.71. The molecule has 3 aromatic rings. The van der Waals surface area contributed by atoms with Crippen molar-refractivity contribution in [3.8, 4) is 5.75 Å². The predicted octanol–water partition coefficient (Wildman–Crippen LogP) is 4.40. The zero-order chi connectivity index (χ0) is 18.6. The Balaban J connectivity index is 2.04. The Hall–Kier alpha value is -2.79. The molecule has 0 saturated heterocycles. The lowest BCUT2D eigenvalue weighted by Crippen LogP contribution is -2.30. The van der Waals surface area contributed by atoms with Gasteiger partial charge in [0.25, 0.3) is 10.0 Å². The molecule has 0 amide bonds. The molecule has 0 aliphatic carbocycles. The van der Waals surface area contributed by atoms with Crippen molar-refractivity contribution in [1.29, 1.82) is 0 Å². The number of aryl methyl sites for hydroxylation is 1. The van der Waals surface area contributed by atoms with Crippen molar-refractivity contribution in [3.63, 3.8) is 0 Å². The van der Waals surface area contributed by atoms with Crippen LogP contribution in [0.5, 0.6) is 5.75 Å². The summed E-state index contributed by atoms with van der Waals surface area (Å²) in [6, 6.07) is 23.5. The van der Waals surface area contributed by atoms with Crippen molar-refractivity contribution < 1.29 is 13.2 Å². The first-order valence-electron chi connectivity index (χ1n) is 8.28. The van der Waals surface area contributed by atoms with E-state index in [0.29, 0.717) is 11.4 Å². The second kappa shape index (κ2) is 7.62. The van der Waals surface area contributed by atoms with Crippen molar-refractivity contribution in [2.24, 2.45) is 0 Å². The van der Waals surface area contributed by atoms with Gasteiger partial charge in [-0.3, -0.25) is 4.31 Å². The van der Waals surface area contributed by atoms with Crippen LogP contribution in [0.2, 0.25) is 0 Å². The van der Waals surface area contributed by atoms with Gasteiger partial charge in [0.15, 0.2) is 0 Å². The van der Waals surface area contributed by atoms with Crippen molar-refractivity contribution in [2.45, 2.75) is 18.4 Å². The molecule has 5 heteroatoms. The summed E-state index contributed by atoms with van der Waals surface area (Å²) >= 11 is 0. The van der Waals surface area contributed by atoms with Crippen LogP contribution in [0.4, 0.5) is 5.69 Å². The Kier molecular flexibility index (Phi) is 5.28. The van der Waals surface area contributed by atoms with Crippen molar-refractivity contribution in [1.82, 2.24) is 0 Å². The van der Waals surface area contributed by atoms with E-state index in [0.717, 1.165) is 11.1 Å². The summed E-state index contributed by atoms with van der Waals surface area (Å²) < 4.78 is 33.2. The molecular formula is C21H21NO3S. The second-order valence-corrected chi connectivity index (χ2v) is 7.87. The highest BCUT2D eigenvalue weighted by atomic mass is 32.2. The van der Waals surface area contributed by atoms with E-state index in [-0.39, 0.29) is 11.4 Å². The lowest BCUT2D eigenvalue weighted by molar-refractivity contribution is 0.414. The second-order valence-electron chi connectivity index (χ2n) is 6.01. The molecule has 4 nitrogen and oxygen atoms in total. The molecule has 0 unspecified atom stereocenters. The van der Waals surface area contributed by atoms with Crippen LogP contribution in [0.1, 0.15) is 11.1 Å². The number of para-hydroxylation sites is 1. The minimum Gasteiger partial charge on any atom is -0.497 e. The summed E-state index contributed by atoms with van der Waals surface area (Å²) in [6.45, 7) is 2.26. The van der Waals surface area contributed by atoms with E-state index in [4.69, 9.17) is 4.74 Å². The molecule has 0 fully saturated rings. The summed E-state index contributed by atoms with van der Waals surface area (Å²) in [5.41, 5.74) is 2.66. The normalized spacial score (nSPS) is 11.2. The third-order valence-corrected chi connectivity index (χ3v) is 5.89. The molecule has 0 heterocycles. The molecule has 0 atom stereocenters. The zero-order valence-electron chi connectivity index (χ0n) is 14.8. The number of anilines is 1. The third-order valence-electron chi connectivity index (χ3n) is 4.10. The summed E-state index contributed by atoms with van der Waals surface area (Å²) in [5, 5.41) is 0. The molecule has 0 aromatic heterocycles. The monoisotopic (exact) mass is 367 g/mol. The van der Waals surface area contributed by atoms with Gasteiger partial charge in [-0.2, -0.15) is 0 Å². The molecule has 3 rings (SSSR count). The van der Waals surface area contributed by atoms with Crippen LogP contribution >= 0.6 is 0 Å². The van der Waals surface area contributed by atoms with E-state index >= 15 is 0 Å². The SMILES string of the molecule is COc1ccc(S(=O)(=O)N(Cc2cccc(C)c2)c2ccccc2)cc1. The molecular weight excluding hydrogens is 346 g/mol. The molecule has 26 heavy (non-hydrogen) atoms. The van der Waals surface area contributed by atoms with E-state index < -0.39 is 10.0 Å². The number of sulfonamides is 1. The topological polar surface area (TPSA) is 46.6 Å². The fourth-order valence-corrected chi connectivity index (χ4v) is 4.21. The van der Waals surface area contributed by atoms with Crippen LogP contribution in [-0.4, -0.2) is 15.5 Å². The van der Waals surface area contributed by atoms with E-state index in [1.165, 1.54) is 4.31 Å². The van der Waals surface area contributed by atoms with Crippen LogP contribution in [0.3, 0.4) is 0 Å². The number of hydrogen-bond acceptors (Lipinski definition) is 3. The fraction of sp³-hybridized carbons (Fsp3) is 0.143. The summed E-state index contributed by atoms with van der Waals surface area (Å²) in [7, 11) is -2.16. The van der Waals surface area contributed by atoms with Crippen LogP contribution in [0.15, 0.2) is 83.8 Å². The maximum Gasteiger partial charge on any atom is 0.264 e. The smallest absolute Gasteiger partial charge is 0.264 e. The quantitative estimate of drug-likeness (QED) is 0.649. The van der Waals surface area contributed by atoms with Crippen molar-refractivity contribution in [3.05, 3.63) is 90.0 Å². The van der Waals surface area contributed by atoms with Gasteiger partial charge in [0, 0.05) is 0 Å². The largest absolute Gasteiger partial charge is 0.497 e. The van der Waals surface area contributed by atoms with Gasteiger partial charge in [-0.05, 0) is 48.9 Å². The van der Waals surface area contributed by atoms with Crippen LogP contribution in [0.25, 0.3) is 0 Å². The predicted molar refractivity (Wildman–Crippen MR) is 104 cm³/mol. The Morgan fingerprint density at radius 2 is 1.58 bits per heavy atom. The van der Waals surface area contributed by atoms with Crippen LogP contribution < -0.4 is 9.04 Å². The molecule has 134 valence electrons. The van der Waals surface area contributed by atoms with E-state index in [9.17, 15) is 8.42 Å². The van der Waals surface area contributed by atoms with E-state index in [1.54, 1.807) is 43.5 Å². The van der Waals surface area contributed by atoms with E-state index in [2.05, 4.69) is 0 Å². The number of rotatable bonds is 6. The van der Waals surface area contributed by atoms with Crippen LogP contribution in [-0.2, 0) is 16.6 Å². The average molecular weight is 367 g/mol. The highest BCUT2D eigenvalue weighted by Crippen LogP contribution is 2.27. The highest BCUT2D eigenvalue weighted by Gasteiger charge is 2.25. The van der Waals surface area contributed by atoms with Gasteiger partial charge in [-0.15, -0.1) is 0 Å². The Morgan fingerprint density at radius 1 is 0.885 bits per heavy atom. The molecule has 0 spiro atoms. The maximum atomic E-state index is 13.3. The Morgan fingerprint density at radius 3 is 2.19 bits per heavy atom. The lowest BCUT2D eigenvalue weighted by atomic mass is 10.1. The van der Waals surface area contributed by atoms with Gasteiger partial charge in [-0.25, -0.2) is 8.42 Å². The Bertz CT molecular complexity index is 968. The van der Waals surface area contributed by atoms with Gasteiger partial charge < -0.3 is 4.74 Å². The molecule has 0 aliphatic rings. The highest BCUT2D eigenvalue weighted by molar-refractivity contribution is 7.92. The molecule has 0 aliphatic heterocycles. The average Bonchev–Trinajstić information content (AvgIpc) is 2.67. The summed E-state index contributed by atoms with van der Waals surface area (Å²) in [4.78, 5) is 0.231. The molecule has 0 saturated carbocycles. The number of ether oxygens (including phenoxy) is 1. The minimum absolute atomic E-state index is 0.231. The number of methoxy groups -OCH3 is 1. The number of benzene rings is 3. The summed E-state index contributed by atoms with van der Waals surface area (Å²) in [5.74, 6) is 0.619. The van der Waals surface area contributed by atoms with Gasteiger partial charge >= 0.3 is 0 Å². The Labute approximate surface area is 154 Å². The summed E-state index contributed by atoms with van der Waals surface area (Å²) in [6.07, 6.45) is 0. The first-order chi connectivity index (χ1) is 12.5. The molecule has 0 bridgehead atoms. The zero-order valence-corrected chi connectivity index (χ0v) is 15.6. The van der Waals surface area contributed by atoms with Gasteiger partial charge in [0.2, 0.25) is 0 Å². The number of nitrogens with zero attached hydrogens (tertiary/aromatic N) is 1. The van der Waals surface area contributed by atoms with E-state index in [1.807, 2.05) is 49.4 Å². The molecule has 0 N–H and O–H groups in total. The van der Waals surface area contributed by atoms with Crippen molar-refractivity contribution in [2.75, 3.05) is 11.4 Å². The molecule has 0 radical (unpaired) electrons. The maximum absolute atomic E-state index is 13.3. The van der Waals surface area contributed by atoms with Gasteiger partial charge in [-0.1, -0.05) is 48.0 Å². The fourth-order valence-electron chi connectivity index (χ4n) is 2.76.